The Morgan fingerprint density at radius 3 is 2.79 bits per heavy atom. The van der Waals surface area contributed by atoms with Gasteiger partial charge in [0.15, 0.2) is 0 Å². The van der Waals surface area contributed by atoms with E-state index in [1.807, 2.05) is 31.6 Å². The first kappa shape index (κ1) is 19.4. The monoisotopic (exact) mass is 358 g/mol. The van der Waals surface area contributed by atoms with Crippen molar-refractivity contribution < 1.29 is 13.2 Å². The Bertz CT molecular complexity index is 615. The molecule has 8 heteroatoms. The van der Waals surface area contributed by atoms with E-state index in [4.69, 9.17) is 4.74 Å². The summed E-state index contributed by atoms with van der Waals surface area (Å²) in [6.45, 7) is 5.49. The maximum atomic E-state index is 12.2. The van der Waals surface area contributed by atoms with Gasteiger partial charge in [-0.15, -0.1) is 0 Å². The van der Waals surface area contributed by atoms with Crippen molar-refractivity contribution >= 4 is 10.0 Å². The van der Waals surface area contributed by atoms with Crippen molar-refractivity contribution in [1.82, 2.24) is 19.4 Å². The minimum Gasteiger partial charge on any atom is -0.378 e. The zero-order chi connectivity index (χ0) is 17.7. The van der Waals surface area contributed by atoms with E-state index in [-0.39, 0.29) is 30.4 Å². The van der Waals surface area contributed by atoms with Gasteiger partial charge in [0.2, 0.25) is 10.0 Å². The topological polar surface area (TPSA) is 76.5 Å². The lowest BCUT2D eigenvalue weighted by molar-refractivity contribution is 0.0909. The largest absolute Gasteiger partial charge is 0.378 e. The first-order chi connectivity index (χ1) is 11.3. The molecular formula is C16H30N4O3S. The zero-order valence-electron chi connectivity index (χ0n) is 15.1. The Kier molecular flexibility index (Phi) is 6.79. The van der Waals surface area contributed by atoms with Gasteiger partial charge in [0, 0.05) is 19.8 Å². The number of rotatable bonds is 8. The fourth-order valence-electron chi connectivity index (χ4n) is 3.31. The molecule has 0 bridgehead atoms. The van der Waals surface area contributed by atoms with Gasteiger partial charge < -0.3 is 4.74 Å². The summed E-state index contributed by atoms with van der Waals surface area (Å²) in [5, 5.41) is 4.26. The van der Waals surface area contributed by atoms with Crippen molar-refractivity contribution in [3.63, 3.8) is 0 Å². The molecule has 1 N–H and O–H groups in total. The average Bonchev–Trinajstić information content (AvgIpc) is 2.90. The Morgan fingerprint density at radius 2 is 2.17 bits per heavy atom. The second-order valence-corrected chi connectivity index (χ2v) is 8.72. The Balaban J connectivity index is 1.97. The first-order valence-electron chi connectivity index (χ1n) is 8.57. The molecule has 2 rings (SSSR count). The number of sulfonamides is 1. The lowest BCUT2D eigenvalue weighted by Gasteiger charge is -2.39. The Labute approximate surface area is 145 Å². The Morgan fingerprint density at radius 1 is 1.42 bits per heavy atom. The highest BCUT2D eigenvalue weighted by Gasteiger charge is 2.32. The van der Waals surface area contributed by atoms with Gasteiger partial charge in [-0.25, -0.2) is 13.1 Å². The zero-order valence-corrected chi connectivity index (χ0v) is 15.9. The quantitative estimate of drug-likeness (QED) is 0.754. The summed E-state index contributed by atoms with van der Waals surface area (Å²) in [5.74, 6) is 0.240. The van der Waals surface area contributed by atoms with E-state index in [2.05, 4.69) is 21.8 Å². The SMILES string of the molecule is CC(C)OCCS(=O)(=O)NC[C@@H]1CCCN(C)[C@H]1c1ccnn1C. The molecule has 1 aromatic heterocycles. The molecule has 0 spiro atoms. The number of ether oxygens (including phenoxy) is 1. The van der Waals surface area contributed by atoms with Crippen molar-refractivity contribution in [1.29, 1.82) is 0 Å². The van der Waals surface area contributed by atoms with Crippen LogP contribution in [0.2, 0.25) is 0 Å². The lowest BCUT2D eigenvalue weighted by Crippen LogP contribution is -2.43. The Hall–Kier alpha value is -0.960. The van der Waals surface area contributed by atoms with Crippen LogP contribution in [-0.4, -0.2) is 61.7 Å². The maximum Gasteiger partial charge on any atom is 0.213 e. The van der Waals surface area contributed by atoms with Crippen LogP contribution in [0, 0.1) is 5.92 Å². The molecule has 0 saturated carbocycles. The number of hydrogen-bond donors (Lipinski definition) is 1. The summed E-state index contributed by atoms with van der Waals surface area (Å²) in [6, 6.07) is 2.20. The van der Waals surface area contributed by atoms with Gasteiger partial charge in [0.05, 0.1) is 30.2 Å². The number of nitrogens with one attached hydrogen (secondary N) is 1. The molecule has 2 heterocycles. The molecule has 0 radical (unpaired) electrons. The minimum atomic E-state index is -3.31. The van der Waals surface area contributed by atoms with Crippen molar-refractivity contribution in [2.24, 2.45) is 13.0 Å². The van der Waals surface area contributed by atoms with Gasteiger partial charge >= 0.3 is 0 Å². The van der Waals surface area contributed by atoms with E-state index in [0.717, 1.165) is 25.1 Å². The molecule has 0 unspecified atom stereocenters. The van der Waals surface area contributed by atoms with Crippen LogP contribution < -0.4 is 4.72 Å². The molecule has 0 aromatic carbocycles. The molecule has 1 aliphatic rings. The number of nitrogens with zero attached hydrogens (tertiary/aromatic N) is 3. The van der Waals surface area contributed by atoms with Crippen LogP contribution in [0.1, 0.15) is 38.4 Å². The summed E-state index contributed by atoms with van der Waals surface area (Å²) >= 11 is 0. The molecule has 24 heavy (non-hydrogen) atoms. The van der Waals surface area contributed by atoms with Crippen LogP contribution in [0.25, 0.3) is 0 Å². The van der Waals surface area contributed by atoms with Gasteiger partial charge in [0.1, 0.15) is 0 Å². The van der Waals surface area contributed by atoms with Gasteiger partial charge in [0.25, 0.3) is 0 Å². The van der Waals surface area contributed by atoms with Crippen LogP contribution in [0.3, 0.4) is 0 Å². The number of piperidine rings is 1. The van der Waals surface area contributed by atoms with E-state index in [1.165, 1.54) is 0 Å². The molecule has 138 valence electrons. The smallest absolute Gasteiger partial charge is 0.213 e. The van der Waals surface area contributed by atoms with Crippen LogP contribution >= 0.6 is 0 Å². The maximum absolute atomic E-state index is 12.2. The minimum absolute atomic E-state index is 0.00408. The second kappa shape index (κ2) is 8.42. The predicted molar refractivity (Wildman–Crippen MR) is 94.2 cm³/mol. The van der Waals surface area contributed by atoms with Gasteiger partial charge in [-0.3, -0.25) is 9.58 Å². The normalized spacial score (nSPS) is 23.0. The van der Waals surface area contributed by atoms with Crippen LogP contribution in [0.5, 0.6) is 0 Å². The number of aromatic nitrogens is 2. The van der Waals surface area contributed by atoms with E-state index in [9.17, 15) is 8.42 Å². The summed E-state index contributed by atoms with van der Waals surface area (Å²) in [7, 11) is 0.712. The third kappa shape index (κ3) is 5.27. The number of aryl methyl sites for hydroxylation is 1. The molecule has 7 nitrogen and oxygen atoms in total. The third-order valence-corrected chi connectivity index (χ3v) is 5.85. The van der Waals surface area contributed by atoms with Crippen molar-refractivity contribution in [2.45, 2.75) is 38.8 Å². The first-order valence-corrected chi connectivity index (χ1v) is 10.2. The van der Waals surface area contributed by atoms with Crippen LogP contribution in [0.4, 0.5) is 0 Å². The molecule has 1 fully saturated rings. The molecular weight excluding hydrogens is 328 g/mol. The molecule has 0 aliphatic carbocycles. The highest BCUT2D eigenvalue weighted by molar-refractivity contribution is 7.89. The average molecular weight is 359 g/mol. The van der Waals surface area contributed by atoms with Crippen molar-refractivity contribution in [3.8, 4) is 0 Å². The second-order valence-electron chi connectivity index (χ2n) is 6.79. The summed E-state index contributed by atoms with van der Waals surface area (Å²) in [5.41, 5.74) is 1.13. The molecule has 1 aliphatic heterocycles. The molecule has 1 aromatic rings. The third-order valence-electron chi connectivity index (χ3n) is 4.54. The van der Waals surface area contributed by atoms with Gasteiger partial charge in [-0.2, -0.15) is 5.10 Å². The fourth-order valence-corrected chi connectivity index (χ4v) is 4.24. The van der Waals surface area contributed by atoms with E-state index in [0.29, 0.717) is 6.54 Å². The van der Waals surface area contributed by atoms with Crippen molar-refractivity contribution in [2.75, 3.05) is 32.5 Å². The van der Waals surface area contributed by atoms with Crippen LogP contribution in [0.15, 0.2) is 12.3 Å². The van der Waals surface area contributed by atoms with E-state index < -0.39 is 10.0 Å². The van der Waals surface area contributed by atoms with Crippen LogP contribution in [-0.2, 0) is 21.8 Å². The standard InChI is InChI=1S/C16H30N4O3S/c1-13(2)23-10-11-24(21,22)18-12-14-6-5-9-19(3)16(14)15-7-8-17-20(15)4/h7-8,13-14,16,18H,5-6,9-12H2,1-4H3/t14-,16+/m0/s1. The molecule has 1 saturated heterocycles. The fraction of sp³-hybridized carbons (Fsp3) is 0.812. The van der Waals surface area contributed by atoms with Gasteiger partial charge in [-0.05, 0) is 52.3 Å². The summed E-state index contributed by atoms with van der Waals surface area (Å²) in [4.78, 5) is 2.29. The van der Waals surface area contributed by atoms with E-state index in [1.54, 1.807) is 6.20 Å². The highest BCUT2D eigenvalue weighted by Crippen LogP contribution is 2.34. The van der Waals surface area contributed by atoms with E-state index >= 15 is 0 Å². The summed E-state index contributed by atoms with van der Waals surface area (Å²) in [6.07, 6.45) is 3.92. The number of likely N-dealkylation sites (tertiary alicyclic amines) is 1. The lowest BCUT2D eigenvalue weighted by atomic mass is 9.87. The molecule has 0 amide bonds. The summed E-state index contributed by atoms with van der Waals surface area (Å²) < 4.78 is 34.3. The van der Waals surface area contributed by atoms with Gasteiger partial charge in [-0.1, -0.05) is 0 Å². The van der Waals surface area contributed by atoms with Crippen molar-refractivity contribution in [3.05, 3.63) is 18.0 Å². The number of hydrogen-bond acceptors (Lipinski definition) is 5. The highest BCUT2D eigenvalue weighted by atomic mass is 32.2. The predicted octanol–water partition coefficient (Wildman–Crippen LogP) is 1.15. The molecule has 2 atom stereocenters.